The minimum atomic E-state index is -3.66. The summed E-state index contributed by atoms with van der Waals surface area (Å²) in [5, 5.41) is -0.392. The van der Waals surface area contributed by atoms with E-state index in [0.717, 1.165) is 5.56 Å². The number of sulfone groups is 1. The highest BCUT2D eigenvalue weighted by Crippen LogP contribution is 2.37. The first-order chi connectivity index (χ1) is 14.2. The average Bonchev–Trinajstić information content (AvgIpc) is 3.35. The molecular weight excluding hydrogens is 434 g/mol. The SMILES string of the molecule is O=C([C@@H]1CC[C@@H](S(=O)(=O)c2cccc(-c3ccnc(Cl)c3)c2)C1)N1CCC(F)(F)C1. The summed E-state index contributed by atoms with van der Waals surface area (Å²) in [6, 6.07) is 9.99. The summed E-state index contributed by atoms with van der Waals surface area (Å²) >= 11 is 5.93. The fourth-order valence-corrected chi connectivity index (χ4v) is 6.31. The van der Waals surface area contributed by atoms with E-state index in [4.69, 9.17) is 11.6 Å². The number of amides is 1. The van der Waals surface area contributed by atoms with Gasteiger partial charge in [-0.25, -0.2) is 22.2 Å². The zero-order chi connectivity index (χ0) is 21.5. The summed E-state index contributed by atoms with van der Waals surface area (Å²) in [6.45, 7) is -0.549. The van der Waals surface area contributed by atoms with E-state index in [-0.39, 0.29) is 30.2 Å². The highest BCUT2D eigenvalue weighted by Gasteiger charge is 2.45. The first kappa shape index (κ1) is 21.2. The average molecular weight is 455 g/mol. The monoisotopic (exact) mass is 454 g/mol. The number of carbonyl (C=O) groups excluding carboxylic acids is 1. The van der Waals surface area contributed by atoms with Crippen LogP contribution in [0.1, 0.15) is 25.7 Å². The lowest BCUT2D eigenvalue weighted by Crippen LogP contribution is -2.35. The van der Waals surface area contributed by atoms with Gasteiger partial charge in [0, 0.05) is 25.1 Å². The van der Waals surface area contributed by atoms with Gasteiger partial charge in [0.05, 0.1) is 16.7 Å². The van der Waals surface area contributed by atoms with Crippen molar-refractivity contribution in [2.45, 2.75) is 41.8 Å². The highest BCUT2D eigenvalue weighted by molar-refractivity contribution is 7.92. The molecular formula is C21H21ClF2N2O3S. The summed E-state index contributed by atoms with van der Waals surface area (Å²) in [4.78, 5) is 17.9. The van der Waals surface area contributed by atoms with Gasteiger partial charge in [-0.05, 0) is 54.7 Å². The molecule has 4 rings (SSSR count). The maximum Gasteiger partial charge on any atom is 0.267 e. The Kier molecular flexibility index (Phi) is 5.57. The Hall–Kier alpha value is -2.06. The summed E-state index contributed by atoms with van der Waals surface area (Å²) < 4.78 is 53.2. The van der Waals surface area contributed by atoms with Crippen LogP contribution in [-0.2, 0) is 14.6 Å². The molecule has 2 fully saturated rings. The summed E-state index contributed by atoms with van der Waals surface area (Å²) in [5.41, 5.74) is 1.45. The molecule has 1 amide bonds. The van der Waals surface area contributed by atoms with Crippen LogP contribution in [0.25, 0.3) is 11.1 Å². The molecule has 9 heteroatoms. The molecule has 2 aliphatic rings. The van der Waals surface area contributed by atoms with Crippen LogP contribution in [0.15, 0.2) is 47.5 Å². The number of nitrogens with zero attached hydrogens (tertiary/aromatic N) is 2. The van der Waals surface area contributed by atoms with Gasteiger partial charge in [0.15, 0.2) is 9.84 Å². The molecule has 1 aliphatic carbocycles. The number of carbonyl (C=O) groups is 1. The van der Waals surface area contributed by atoms with Crippen LogP contribution in [0.3, 0.4) is 0 Å². The van der Waals surface area contributed by atoms with Crippen molar-refractivity contribution in [1.29, 1.82) is 0 Å². The van der Waals surface area contributed by atoms with Gasteiger partial charge in [0.2, 0.25) is 5.91 Å². The molecule has 1 saturated carbocycles. The predicted molar refractivity (Wildman–Crippen MR) is 109 cm³/mol. The Bertz CT molecular complexity index is 1080. The van der Waals surface area contributed by atoms with Crippen LogP contribution in [0.2, 0.25) is 5.15 Å². The highest BCUT2D eigenvalue weighted by atomic mass is 35.5. The van der Waals surface area contributed by atoms with Crippen LogP contribution < -0.4 is 0 Å². The molecule has 1 saturated heterocycles. The van der Waals surface area contributed by atoms with E-state index in [1.165, 1.54) is 11.0 Å². The number of halogens is 3. The number of aromatic nitrogens is 1. The van der Waals surface area contributed by atoms with E-state index in [2.05, 4.69) is 4.98 Å². The maximum atomic E-state index is 13.4. The number of benzene rings is 1. The quantitative estimate of drug-likeness (QED) is 0.649. The van der Waals surface area contributed by atoms with Gasteiger partial charge in [0.1, 0.15) is 5.15 Å². The van der Waals surface area contributed by atoms with Gasteiger partial charge >= 0.3 is 0 Å². The van der Waals surface area contributed by atoms with Crippen LogP contribution in [0.5, 0.6) is 0 Å². The van der Waals surface area contributed by atoms with E-state index >= 15 is 0 Å². The predicted octanol–water partition coefficient (Wildman–Crippen LogP) is 4.21. The Labute approximate surface area is 179 Å². The van der Waals surface area contributed by atoms with Gasteiger partial charge in [-0.2, -0.15) is 0 Å². The van der Waals surface area contributed by atoms with Crippen molar-refractivity contribution < 1.29 is 22.0 Å². The zero-order valence-electron chi connectivity index (χ0n) is 16.1. The number of likely N-dealkylation sites (tertiary alicyclic amines) is 1. The summed E-state index contributed by atoms with van der Waals surface area (Å²) in [6.07, 6.45) is 2.11. The molecule has 0 spiro atoms. The standard InChI is InChI=1S/C21H21ClF2N2O3S/c22-19-12-15(6-8-25-19)14-2-1-3-17(10-14)30(28,29)18-5-4-16(11-18)20(27)26-9-7-21(23,24)13-26/h1-3,6,8,10,12,16,18H,4-5,7,9,11,13H2/t16-,18-/m1/s1. The normalized spacial score (nSPS) is 23.6. The molecule has 0 N–H and O–H groups in total. The lowest BCUT2D eigenvalue weighted by molar-refractivity contribution is -0.135. The molecule has 0 radical (unpaired) electrons. The second kappa shape index (κ2) is 7.89. The smallest absolute Gasteiger partial charge is 0.267 e. The van der Waals surface area contributed by atoms with Gasteiger partial charge in [-0.1, -0.05) is 23.7 Å². The van der Waals surface area contributed by atoms with Crippen LogP contribution in [-0.4, -0.2) is 48.5 Å². The van der Waals surface area contributed by atoms with E-state index < -0.39 is 33.5 Å². The van der Waals surface area contributed by atoms with Gasteiger partial charge in [0.25, 0.3) is 5.92 Å². The van der Waals surface area contributed by atoms with Crippen molar-refractivity contribution in [1.82, 2.24) is 9.88 Å². The topological polar surface area (TPSA) is 67.3 Å². The van der Waals surface area contributed by atoms with Gasteiger partial charge < -0.3 is 4.90 Å². The maximum absolute atomic E-state index is 13.4. The number of hydrogen-bond donors (Lipinski definition) is 0. The van der Waals surface area contributed by atoms with Crippen molar-refractivity contribution in [2.75, 3.05) is 13.1 Å². The largest absolute Gasteiger partial charge is 0.336 e. The van der Waals surface area contributed by atoms with Crippen LogP contribution in [0, 0.1) is 5.92 Å². The fourth-order valence-electron chi connectivity index (χ4n) is 4.26. The molecule has 1 aromatic heterocycles. The lowest BCUT2D eigenvalue weighted by atomic mass is 10.1. The van der Waals surface area contributed by atoms with Gasteiger partial charge in [-0.15, -0.1) is 0 Å². The Balaban J connectivity index is 1.51. The molecule has 1 aliphatic heterocycles. The van der Waals surface area contributed by atoms with Crippen molar-refractivity contribution in [2.24, 2.45) is 5.92 Å². The van der Waals surface area contributed by atoms with Crippen LogP contribution in [0.4, 0.5) is 8.78 Å². The molecule has 5 nitrogen and oxygen atoms in total. The summed E-state index contributed by atoms with van der Waals surface area (Å²) in [7, 11) is -3.66. The molecule has 0 bridgehead atoms. The number of pyridine rings is 1. The number of hydrogen-bond acceptors (Lipinski definition) is 4. The first-order valence-electron chi connectivity index (χ1n) is 9.78. The van der Waals surface area contributed by atoms with E-state index in [1.807, 2.05) is 0 Å². The van der Waals surface area contributed by atoms with Crippen LogP contribution >= 0.6 is 11.6 Å². The van der Waals surface area contributed by atoms with Crippen molar-refractivity contribution in [3.63, 3.8) is 0 Å². The molecule has 2 atom stereocenters. The van der Waals surface area contributed by atoms with Crippen molar-refractivity contribution in [3.05, 3.63) is 47.7 Å². The Morgan fingerprint density at radius 1 is 1.17 bits per heavy atom. The second-order valence-corrected chi connectivity index (χ2v) is 10.6. The lowest BCUT2D eigenvalue weighted by Gasteiger charge is -2.20. The third kappa shape index (κ3) is 4.21. The number of alkyl halides is 2. The zero-order valence-corrected chi connectivity index (χ0v) is 17.7. The fraction of sp³-hybridized carbons (Fsp3) is 0.429. The molecule has 30 heavy (non-hydrogen) atoms. The van der Waals surface area contributed by atoms with Crippen molar-refractivity contribution in [3.8, 4) is 11.1 Å². The van der Waals surface area contributed by atoms with E-state index in [9.17, 15) is 22.0 Å². The molecule has 160 valence electrons. The summed E-state index contributed by atoms with van der Waals surface area (Å²) in [5.74, 6) is -3.73. The molecule has 2 heterocycles. The second-order valence-electron chi connectivity index (χ2n) is 7.94. The van der Waals surface area contributed by atoms with Crippen molar-refractivity contribution >= 4 is 27.3 Å². The third-order valence-electron chi connectivity index (χ3n) is 5.88. The number of rotatable bonds is 4. The molecule has 1 aromatic carbocycles. The Morgan fingerprint density at radius 3 is 2.63 bits per heavy atom. The van der Waals surface area contributed by atoms with Gasteiger partial charge in [-0.3, -0.25) is 4.79 Å². The van der Waals surface area contributed by atoms with E-state index in [0.29, 0.717) is 23.6 Å². The van der Waals surface area contributed by atoms with E-state index in [1.54, 1.807) is 36.5 Å². The Morgan fingerprint density at radius 2 is 1.93 bits per heavy atom. The molecule has 0 unspecified atom stereocenters. The third-order valence-corrected chi connectivity index (χ3v) is 8.30. The molecule has 2 aromatic rings. The first-order valence-corrected chi connectivity index (χ1v) is 11.7. The minimum Gasteiger partial charge on any atom is -0.336 e. The minimum absolute atomic E-state index is 0.0241.